The molecule has 7 heteroatoms. The minimum atomic E-state index is -3.33. The third-order valence-electron chi connectivity index (χ3n) is 3.82. The fraction of sp³-hybridized carbons (Fsp3) is 0.375. The number of sulfone groups is 1. The number of benzene rings is 1. The summed E-state index contributed by atoms with van der Waals surface area (Å²) in [5.74, 6) is 0.697. The van der Waals surface area contributed by atoms with Crippen molar-refractivity contribution in [2.45, 2.75) is 30.6 Å². The van der Waals surface area contributed by atoms with Gasteiger partial charge in [0.25, 0.3) is 0 Å². The summed E-state index contributed by atoms with van der Waals surface area (Å²) < 4.78 is 28.6. The number of aromatic nitrogens is 1. The number of hydrogen-bond donors (Lipinski definition) is 1. The third-order valence-corrected chi connectivity index (χ3v) is 4.93. The molecule has 0 bridgehead atoms. The zero-order valence-corrected chi connectivity index (χ0v) is 13.8. The van der Waals surface area contributed by atoms with E-state index in [1.165, 1.54) is 18.3 Å². The van der Waals surface area contributed by atoms with Gasteiger partial charge in [-0.3, -0.25) is 4.79 Å². The summed E-state index contributed by atoms with van der Waals surface area (Å²) >= 11 is 0. The van der Waals surface area contributed by atoms with Crippen LogP contribution in [0.1, 0.15) is 47.4 Å². The third kappa shape index (κ3) is 3.14. The van der Waals surface area contributed by atoms with Gasteiger partial charge in [-0.1, -0.05) is 5.16 Å². The Bertz CT molecular complexity index is 851. The molecule has 0 amide bonds. The molecule has 1 fully saturated rings. The highest BCUT2D eigenvalue weighted by atomic mass is 32.2. The van der Waals surface area contributed by atoms with Crippen LogP contribution in [0.25, 0.3) is 0 Å². The molecule has 23 heavy (non-hydrogen) atoms. The van der Waals surface area contributed by atoms with Crippen molar-refractivity contribution in [3.05, 3.63) is 41.3 Å². The van der Waals surface area contributed by atoms with Crippen LogP contribution in [0.3, 0.4) is 0 Å². The largest absolute Gasteiger partial charge is 0.385 e. The second-order valence-electron chi connectivity index (χ2n) is 5.72. The molecule has 0 atom stereocenters. The number of ketones is 1. The zero-order valence-electron chi connectivity index (χ0n) is 13.0. The minimum Gasteiger partial charge on any atom is -0.385 e. The first-order chi connectivity index (χ1) is 10.9. The van der Waals surface area contributed by atoms with Crippen molar-refractivity contribution in [1.29, 1.82) is 0 Å². The molecule has 1 saturated carbocycles. The monoisotopic (exact) mass is 334 g/mol. The highest BCUT2D eigenvalue weighted by Crippen LogP contribution is 2.42. The van der Waals surface area contributed by atoms with Crippen LogP contribution >= 0.6 is 0 Å². The van der Waals surface area contributed by atoms with Gasteiger partial charge in [0.05, 0.1) is 16.7 Å². The Hall–Kier alpha value is -2.15. The molecule has 0 spiro atoms. The van der Waals surface area contributed by atoms with Crippen LogP contribution in [0.4, 0.5) is 5.69 Å². The smallest absolute Gasteiger partial charge is 0.200 e. The van der Waals surface area contributed by atoms with Gasteiger partial charge in [0, 0.05) is 30.0 Å². The van der Waals surface area contributed by atoms with E-state index in [-0.39, 0.29) is 16.6 Å². The van der Waals surface area contributed by atoms with Crippen LogP contribution in [0.2, 0.25) is 0 Å². The maximum atomic E-state index is 12.8. The number of carbonyl (C=O) groups excluding carboxylic acids is 1. The molecule has 1 aliphatic carbocycles. The average Bonchev–Trinajstić information content (AvgIpc) is 3.23. The van der Waals surface area contributed by atoms with Crippen LogP contribution in [-0.4, -0.2) is 32.2 Å². The lowest BCUT2D eigenvalue weighted by atomic mass is 10.0. The molecular weight excluding hydrogens is 316 g/mol. The molecule has 0 unspecified atom stereocenters. The lowest BCUT2D eigenvalue weighted by Crippen LogP contribution is -2.10. The van der Waals surface area contributed by atoms with Gasteiger partial charge in [-0.15, -0.1) is 0 Å². The van der Waals surface area contributed by atoms with Crippen molar-refractivity contribution in [3.63, 3.8) is 0 Å². The van der Waals surface area contributed by atoms with Crippen molar-refractivity contribution < 1.29 is 17.7 Å². The van der Waals surface area contributed by atoms with Gasteiger partial charge in [0.15, 0.2) is 21.4 Å². The summed E-state index contributed by atoms with van der Waals surface area (Å²) in [6.45, 7) is 2.46. The molecule has 6 nitrogen and oxygen atoms in total. The van der Waals surface area contributed by atoms with Crippen LogP contribution < -0.4 is 5.32 Å². The fourth-order valence-electron chi connectivity index (χ4n) is 2.49. The first kappa shape index (κ1) is 15.7. The lowest BCUT2D eigenvalue weighted by Gasteiger charge is -2.11. The van der Waals surface area contributed by atoms with Crippen molar-refractivity contribution >= 4 is 21.3 Å². The highest BCUT2D eigenvalue weighted by molar-refractivity contribution is 7.90. The predicted octanol–water partition coefficient (Wildman–Crippen LogP) is 2.62. The number of hydrogen-bond acceptors (Lipinski definition) is 6. The topological polar surface area (TPSA) is 89.3 Å². The van der Waals surface area contributed by atoms with Gasteiger partial charge in [-0.2, -0.15) is 0 Å². The first-order valence-corrected chi connectivity index (χ1v) is 9.38. The summed E-state index contributed by atoms with van der Waals surface area (Å²) in [4.78, 5) is 13.0. The zero-order chi connectivity index (χ0) is 16.6. The lowest BCUT2D eigenvalue weighted by molar-refractivity contribution is 0.103. The van der Waals surface area contributed by atoms with Crippen molar-refractivity contribution in [2.75, 3.05) is 18.1 Å². The Morgan fingerprint density at radius 1 is 1.35 bits per heavy atom. The predicted molar refractivity (Wildman–Crippen MR) is 85.6 cm³/mol. The Morgan fingerprint density at radius 3 is 2.70 bits per heavy atom. The second-order valence-corrected chi connectivity index (χ2v) is 7.73. The van der Waals surface area contributed by atoms with Gasteiger partial charge in [-0.05, 0) is 38.0 Å². The van der Waals surface area contributed by atoms with Crippen molar-refractivity contribution in [2.24, 2.45) is 0 Å². The van der Waals surface area contributed by atoms with Gasteiger partial charge in [-0.25, -0.2) is 8.42 Å². The molecule has 2 aromatic rings. The molecule has 1 aromatic heterocycles. The van der Waals surface area contributed by atoms with E-state index in [1.54, 1.807) is 6.07 Å². The minimum absolute atomic E-state index is 0.178. The van der Waals surface area contributed by atoms with E-state index in [4.69, 9.17) is 4.52 Å². The van der Waals surface area contributed by atoms with E-state index in [0.717, 1.165) is 19.1 Å². The van der Waals surface area contributed by atoms with E-state index in [1.807, 2.05) is 6.92 Å². The Kier molecular flexibility index (Phi) is 3.97. The van der Waals surface area contributed by atoms with Gasteiger partial charge in [0.2, 0.25) is 0 Å². The van der Waals surface area contributed by atoms with Crippen LogP contribution in [0.15, 0.2) is 33.8 Å². The number of nitrogens with zero attached hydrogens (tertiary/aromatic N) is 1. The standard InChI is InChI=1S/C16H18N2O4S/c1-3-17-14-8-11(23(2,20)21)6-7-12(14)15(19)13-9-18-22-16(13)10-4-5-10/h6-10,17H,3-5H2,1-2H3. The summed E-state index contributed by atoms with van der Waals surface area (Å²) in [6, 6.07) is 4.49. The van der Waals surface area contributed by atoms with E-state index in [9.17, 15) is 13.2 Å². The SMILES string of the molecule is CCNc1cc(S(C)(=O)=O)ccc1C(=O)c1cnoc1C1CC1. The second kappa shape index (κ2) is 5.81. The molecule has 122 valence electrons. The molecule has 1 aromatic carbocycles. The Labute approximate surface area is 134 Å². The van der Waals surface area contributed by atoms with Gasteiger partial charge < -0.3 is 9.84 Å². The summed E-state index contributed by atoms with van der Waals surface area (Å²) in [5, 5.41) is 6.81. The van der Waals surface area contributed by atoms with Crippen LogP contribution in [-0.2, 0) is 9.84 Å². The summed E-state index contributed by atoms with van der Waals surface area (Å²) in [6.07, 6.45) is 4.59. The molecule has 3 rings (SSSR count). The van der Waals surface area contributed by atoms with Crippen molar-refractivity contribution in [3.8, 4) is 0 Å². The number of rotatable bonds is 6. The summed E-state index contributed by atoms with van der Waals surface area (Å²) in [7, 11) is -3.33. The molecule has 1 aliphatic rings. The number of anilines is 1. The number of carbonyl (C=O) groups is 1. The first-order valence-electron chi connectivity index (χ1n) is 7.49. The van der Waals surface area contributed by atoms with E-state index in [0.29, 0.717) is 29.1 Å². The van der Waals surface area contributed by atoms with Crippen LogP contribution in [0.5, 0.6) is 0 Å². The van der Waals surface area contributed by atoms with Gasteiger partial charge in [0.1, 0.15) is 0 Å². The van der Waals surface area contributed by atoms with E-state index >= 15 is 0 Å². The normalized spacial score (nSPS) is 14.7. The quantitative estimate of drug-likeness (QED) is 0.817. The molecule has 0 saturated heterocycles. The van der Waals surface area contributed by atoms with Crippen LogP contribution in [0, 0.1) is 0 Å². The molecule has 1 N–H and O–H groups in total. The van der Waals surface area contributed by atoms with Crippen molar-refractivity contribution in [1.82, 2.24) is 5.16 Å². The summed E-state index contributed by atoms with van der Waals surface area (Å²) in [5.41, 5.74) is 1.38. The molecule has 1 heterocycles. The highest BCUT2D eigenvalue weighted by Gasteiger charge is 2.33. The fourth-order valence-corrected chi connectivity index (χ4v) is 3.14. The molecule has 0 radical (unpaired) electrons. The maximum Gasteiger partial charge on any atom is 0.200 e. The molecule has 0 aliphatic heterocycles. The average molecular weight is 334 g/mol. The molecular formula is C16H18N2O4S. The van der Waals surface area contributed by atoms with E-state index < -0.39 is 9.84 Å². The van der Waals surface area contributed by atoms with E-state index in [2.05, 4.69) is 10.5 Å². The number of nitrogens with one attached hydrogen (secondary N) is 1. The Balaban J connectivity index is 2.04. The Morgan fingerprint density at radius 2 is 2.09 bits per heavy atom. The maximum absolute atomic E-state index is 12.8. The van der Waals surface area contributed by atoms with Gasteiger partial charge >= 0.3 is 0 Å².